The van der Waals surface area contributed by atoms with E-state index in [-0.39, 0.29) is 0 Å². The Morgan fingerprint density at radius 1 is 1.03 bits per heavy atom. The number of pyridine rings is 3. The van der Waals surface area contributed by atoms with E-state index in [1.54, 1.807) is 43.2 Å². The lowest BCUT2D eigenvalue weighted by molar-refractivity contribution is 0.413. The van der Waals surface area contributed by atoms with E-state index in [0.29, 0.717) is 22.9 Å². The molecule has 31 heavy (non-hydrogen) atoms. The number of thiophene rings is 1. The number of H-pyrrole nitrogens is 2. The highest BCUT2D eigenvalue weighted by atomic mass is 32.1. The Balaban J connectivity index is 1.50. The zero-order valence-electron chi connectivity index (χ0n) is 16.3. The molecule has 0 fully saturated rings. The predicted molar refractivity (Wildman–Crippen MR) is 120 cm³/mol. The van der Waals surface area contributed by atoms with Crippen LogP contribution in [-0.4, -0.2) is 42.2 Å². The fraction of sp³-hybridized carbons (Fsp3) is 0.0455. The second-order valence-corrected chi connectivity index (χ2v) is 7.74. The van der Waals surface area contributed by atoms with Crippen molar-refractivity contribution in [1.29, 1.82) is 0 Å². The second-order valence-electron chi connectivity index (χ2n) is 6.96. The van der Waals surface area contributed by atoms with Crippen LogP contribution in [0.15, 0.2) is 59.8 Å². The van der Waals surface area contributed by atoms with Gasteiger partial charge in [0.1, 0.15) is 11.4 Å². The summed E-state index contributed by atoms with van der Waals surface area (Å²) >= 11 is 1.66. The molecule has 150 valence electrons. The van der Waals surface area contributed by atoms with Crippen molar-refractivity contribution >= 4 is 33.4 Å². The molecule has 0 amide bonds. The normalized spacial score (nSPS) is 11.4. The Hall–Kier alpha value is -4.11. The Bertz CT molecular complexity index is 1530. The number of nitrogens with one attached hydrogen (secondary N) is 2. The molecule has 0 radical (unpaired) electrons. The minimum Gasteiger partial charge on any atom is -0.495 e. The summed E-state index contributed by atoms with van der Waals surface area (Å²) in [6, 6.07) is 7.96. The van der Waals surface area contributed by atoms with Gasteiger partial charge >= 0.3 is 0 Å². The number of methoxy groups -OCH3 is 1. The van der Waals surface area contributed by atoms with Gasteiger partial charge in [-0.05, 0) is 40.6 Å². The minimum atomic E-state index is 0.650. The summed E-state index contributed by atoms with van der Waals surface area (Å²) in [7, 11) is 1.62. The van der Waals surface area contributed by atoms with Gasteiger partial charge in [-0.1, -0.05) is 0 Å². The monoisotopic (exact) mass is 425 g/mol. The highest BCUT2D eigenvalue weighted by Gasteiger charge is 2.17. The molecule has 0 atom stereocenters. The fourth-order valence-corrected chi connectivity index (χ4v) is 4.26. The van der Waals surface area contributed by atoms with Crippen LogP contribution in [0.1, 0.15) is 0 Å². The zero-order chi connectivity index (χ0) is 20.8. The molecule has 6 rings (SSSR count). The third-order valence-electron chi connectivity index (χ3n) is 5.14. The highest BCUT2D eigenvalue weighted by Crippen LogP contribution is 2.32. The van der Waals surface area contributed by atoms with Gasteiger partial charge in [0.25, 0.3) is 0 Å². The van der Waals surface area contributed by atoms with E-state index in [2.05, 4.69) is 47.0 Å². The summed E-state index contributed by atoms with van der Waals surface area (Å²) in [6.07, 6.45) is 6.96. The van der Waals surface area contributed by atoms with Gasteiger partial charge in [0.15, 0.2) is 11.5 Å². The number of hydrogen-bond acceptors (Lipinski definition) is 7. The third kappa shape index (κ3) is 2.94. The SMILES string of the molecule is COc1cncc(-c2cc3c(-c4nc5nccc(-c6ccsc6)c5[nH]4)n[nH]c3cn2)c1. The minimum absolute atomic E-state index is 0.650. The number of hydrogen-bond donors (Lipinski definition) is 2. The van der Waals surface area contributed by atoms with E-state index < -0.39 is 0 Å². The van der Waals surface area contributed by atoms with E-state index >= 15 is 0 Å². The molecule has 9 heteroatoms. The number of rotatable bonds is 4. The van der Waals surface area contributed by atoms with Gasteiger partial charge in [-0.3, -0.25) is 15.1 Å². The lowest BCUT2D eigenvalue weighted by atomic mass is 10.1. The molecule has 0 aliphatic carbocycles. The first-order chi connectivity index (χ1) is 15.3. The summed E-state index contributed by atoms with van der Waals surface area (Å²) in [5.74, 6) is 1.33. The zero-order valence-corrected chi connectivity index (χ0v) is 17.1. The quantitative estimate of drug-likeness (QED) is 0.424. The molecule has 0 aliphatic rings. The summed E-state index contributed by atoms with van der Waals surface area (Å²) in [4.78, 5) is 21.3. The summed E-state index contributed by atoms with van der Waals surface area (Å²) in [5, 5.41) is 12.6. The average Bonchev–Trinajstić information content (AvgIpc) is 3.57. The van der Waals surface area contributed by atoms with Crippen molar-refractivity contribution < 1.29 is 4.74 Å². The Labute approximate surface area is 180 Å². The molecule has 6 aromatic heterocycles. The lowest BCUT2D eigenvalue weighted by Gasteiger charge is -2.03. The van der Waals surface area contributed by atoms with Crippen LogP contribution in [0.2, 0.25) is 0 Å². The number of imidazole rings is 1. The van der Waals surface area contributed by atoms with Crippen molar-refractivity contribution in [1.82, 2.24) is 35.1 Å². The Kier molecular flexibility index (Phi) is 4.00. The van der Waals surface area contributed by atoms with Crippen LogP contribution >= 0.6 is 11.3 Å². The van der Waals surface area contributed by atoms with Crippen LogP contribution < -0.4 is 4.74 Å². The van der Waals surface area contributed by atoms with Crippen molar-refractivity contribution in [3.63, 3.8) is 0 Å². The number of nitrogens with zero attached hydrogens (tertiary/aromatic N) is 5. The molecule has 0 saturated heterocycles. The molecule has 0 unspecified atom stereocenters. The molecule has 2 N–H and O–H groups in total. The average molecular weight is 425 g/mol. The third-order valence-corrected chi connectivity index (χ3v) is 5.82. The summed E-state index contributed by atoms with van der Waals surface area (Å²) in [6.45, 7) is 0. The van der Waals surface area contributed by atoms with Crippen LogP contribution in [0.3, 0.4) is 0 Å². The predicted octanol–water partition coefficient (Wildman–Crippen LogP) is 4.70. The van der Waals surface area contributed by atoms with Gasteiger partial charge < -0.3 is 9.72 Å². The molecule has 0 aromatic carbocycles. The van der Waals surface area contributed by atoms with Crippen LogP contribution in [-0.2, 0) is 0 Å². The van der Waals surface area contributed by atoms with E-state index in [1.807, 2.05) is 18.2 Å². The number of ether oxygens (including phenoxy) is 1. The smallest absolute Gasteiger partial charge is 0.178 e. The maximum atomic E-state index is 5.29. The van der Waals surface area contributed by atoms with E-state index in [4.69, 9.17) is 9.72 Å². The molecule has 0 spiro atoms. The standard InChI is InChI=1S/C22H15N7OS/c1-30-14-6-13(8-23-9-14)17-7-16-18(10-25-17)28-29-20(16)22-26-19-15(12-3-5-31-11-12)2-4-24-21(19)27-22/h2-11H,1H3,(H,28,29)(H,24,26,27). The maximum Gasteiger partial charge on any atom is 0.178 e. The van der Waals surface area contributed by atoms with Gasteiger partial charge in [0, 0.05) is 28.9 Å². The van der Waals surface area contributed by atoms with Crippen molar-refractivity contribution in [2.45, 2.75) is 0 Å². The Morgan fingerprint density at radius 2 is 2.00 bits per heavy atom. The molecule has 0 saturated carbocycles. The summed E-state index contributed by atoms with van der Waals surface area (Å²) < 4.78 is 5.29. The molecule has 6 heterocycles. The van der Waals surface area contributed by atoms with Crippen LogP contribution in [0, 0.1) is 0 Å². The first kappa shape index (κ1) is 17.7. The van der Waals surface area contributed by atoms with E-state index in [1.165, 1.54) is 0 Å². The lowest BCUT2D eigenvalue weighted by Crippen LogP contribution is -1.89. The molecule has 0 aliphatic heterocycles. The topological polar surface area (TPSA) is 105 Å². The number of aromatic nitrogens is 7. The summed E-state index contributed by atoms with van der Waals surface area (Å²) in [5.41, 5.74) is 6.91. The second kappa shape index (κ2) is 6.99. The van der Waals surface area contributed by atoms with Gasteiger partial charge in [-0.15, -0.1) is 0 Å². The van der Waals surface area contributed by atoms with E-state index in [0.717, 1.165) is 38.8 Å². The van der Waals surface area contributed by atoms with Crippen LogP contribution in [0.4, 0.5) is 0 Å². The molecular weight excluding hydrogens is 410 g/mol. The van der Waals surface area contributed by atoms with Gasteiger partial charge in [-0.25, -0.2) is 9.97 Å². The van der Waals surface area contributed by atoms with Gasteiger partial charge in [0.2, 0.25) is 0 Å². The molecule has 8 nitrogen and oxygen atoms in total. The van der Waals surface area contributed by atoms with Crippen molar-refractivity contribution in [2.24, 2.45) is 0 Å². The molecule has 6 aromatic rings. The van der Waals surface area contributed by atoms with Crippen LogP contribution in [0.25, 0.3) is 56.0 Å². The first-order valence-electron chi connectivity index (χ1n) is 9.51. The first-order valence-corrected chi connectivity index (χ1v) is 10.5. The van der Waals surface area contributed by atoms with Crippen molar-refractivity contribution in [2.75, 3.05) is 7.11 Å². The fourth-order valence-electron chi connectivity index (χ4n) is 3.61. The van der Waals surface area contributed by atoms with Crippen molar-refractivity contribution in [3.8, 4) is 39.7 Å². The van der Waals surface area contributed by atoms with Gasteiger partial charge in [-0.2, -0.15) is 16.4 Å². The van der Waals surface area contributed by atoms with Crippen molar-refractivity contribution in [3.05, 3.63) is 59.8 Å². The highest BCUT2D eigenvalue weighted by molar-refractivity contribution is 7.08. The van der Waals surface area contributed by atoms with Crippen LogP contribution in [0.5, 0.6) is 5.75 Å². The van der Waals surface area contributed by atoms with E-state index in [9.17, 15) is 0 Å². The largest absolute Gasteiger partial charge is 0.495 e. The Morgan fingerprint density at radius 3 is 2.87 bits per heavy atom. The molecule has 0 bridgehead atoms. The number of aromatic amines is 2. The molecular formula is C22H15N7OS. The number of fused-ring (bicyclic) bond motifs is 2. The van der Waals surface area contributed by atoms with Gasteiger partial charge in [0.05, 0.1) is 36.2 Å². The maximum absolute atomic E-state index is 5.29.